The third kappa shape index (κ3) is 2.45. The summed E-state index contributed by atoms with van der Waals surface area (Å²) in [6.07, 6.45) is 0.0751. The predicted octanol–water partition coefficient (Wildman–Crippen LogP) is 1.05. The minimum Gasteiger partial charge on any atom is -0.375 e. The van der Waals surface area contributed by atoms with Gasteiger partial charge in [-0.25, -0.2) is 0 Å². The molecular weight excluding hydrogens is 238 g/mol. The summed E-state index contributed by atoms with van der Waals surface area (Å²) in [6, 6.07) is 0. The van der Waals surface area contributed by atoms with Gasteiger partial charge in [-0.3, -0.25) is 4.79 Å². The number of morpholine rings is 1. The zero-order valence-corrected chi connectivity index (χ0v) is 9.72. The first kappa shape index (κ1) is 10.8. The van der Waals surface area contributed by atoms with Gasteiger partial charge in [-0.1, -0.05) is 11.3 Å². The van der Waals surface area contributed by atoms with Crippen LogP contribution in [0, 0.1) is 0 Å². The second-order valence-electron chi connectivity index (χ2n) is 3.29. The minimum absolute atomic E-state index is 0.0751. The number of halogens is 1. The summed E-state index contributed by atoms with van der Waals surface area (Å²) in [6.45, 7) is 3.70. The highest BCUT2D eigenvalue weighted by atomic mass is 35.5. The van der Waals surface area contributed by atoms with E-state index < -0.39 is 0 Å². The summed E-state index contributed by atoms with van der Waals surface area (Å²) >= 11 is 6.72. The quantitative estimate of drug-likeness (QED) is 0.745. The van der Waals surface area contributed by atoms with Crippen LogP contribution in [-0.2, 0) is 4.74 Å². The predicted molar refractivity (Wildman–Crippen MR) is 56.2 cm³/mol. The van der Waals surface area contributed by atoms with Gasteiger partial charge in [0.15, 0.2) is 0 Å². The number of carbonyl (C=O) groups is 1. The lowest BCUT2D eigenvalue weighted by molar-refractivity contribution is -0.0124. The average Bonchev–Trinajstić information content (AvgIpc) is 2.64. The Hall–Kier alpha value is -0.720. The molecule has 1 fully saturated rings. The van der Waals surface area contributed by atoms with Gasteiger partial charge < -0.3 is 9.64 Å². The smallest absolute Gasteiger partial charge is 0.285 e. The molecule has 1 aliphatic rings. The first-order valence-corrected chi connectivity index (χ1v) is 5.76. The molecule has 5 nitrogen and oxygen atoms in total. The van der Waals surface area contributed by atoms with E-state index >= 15 is 0 Å². The molecule has 0 aromatic carbocycles. The van der Waals surface area contributed by atoms with E-state index in [9.17, 15) is 4.79 Å². The SMILES string of the molecule is CC1CN(C(=O)c2nnc(Cl)s2)CCO1. The van der Waals surface area contributed by atoms with Crippen LogP contribution in [0.25, 0.3) is 0 Å². The number of hydrogen-bond donors (Lipinski definition) is 0. The van der Waals surface area contributed by atoms with Gasteiger partial charge in [0.05, 0.1) is 12.7 Å². The highest BCUT2D eigenvalue weighted by Crippen LogP contribution is 2.17. The molecule has 1 atom stereocenters. The van der Waals surface area contributed by atoms with Gasteiger partial charge in [-0.2, -0.15) is 0 Å². The molecule has 0 bridgehead atoms. The van der Waals surface area contributed by atoms with Gasteiger partial charge in [-0.15, -0.1) is 10.2 Å². The number of amides is 1. The molecule has 82 valence electrons. The van der Waals surface area contributed by atoms with Crippen LogP contribution >= 0.6 is 22.9 Å². The molecule has 0 saturated carbocycles. The zero-order chi connectivity index (χ0) is 10.8. The fourth-order valence-electron chi connectivity index (χ4n) is 1.43. The summed E-state index contributed by atoms with van der Waals surface area (Å²) < 4.78 is 5.64. The molecule has 1 saturated heterocycles. The molecular formula is C8H10ClN3O2S. The minimum atomic E-state index is -0.116. The van der Waals surface area contributed by atoms with E-state index in [1.54, 1.807) is 4.90 Å². The molecule has 2 heterocycles. The Morgan fingerprint density at radius 3 is 3.07 bits per heavy atom. The monoisotopic (exact) mass is 247 g/mol. The van der Waals surface area contributed by atoms with Crippen molar-refractivity contribution in [3.63, 3.8) is 0 Å². The molecule has 1 amide bonds. The van der Waals surface area contributed by atoms with E-state index in [4.69, 9.17) is 16.3 Å². The molecule has 0 N–H and O–H groups in total. The third-order valence-corrected chi connectivity index (χ3v) is 3.12. The Morgan fingerprint density at radius 1 is 1.67 bits per heavy atom. The number of ether oxygens (including phenoxy) is 1. The van der Waals surface area contributed by atoms with Crippen molar-refractivity contribution < 1.29 is 9.53 Å². The van der Waals surface area contributed by atoms with Crippen LogP contribution < -0.4 is 0 Å². The molecule has 15 heavy (non-hydrogen) atoms. The Balaban J connectivity index is 2.07. The highest BCUT2D eigenvalue weighted by molar-refractivity contribution is 7.17. The van der Waals surface area contributed by atoms with E-state index in [2.05, 4.69) is 10.2 Å². The maximum atomic E-state index is 11.9. The Labute approximate surface area is 96.0 Å². The first-order valence-electron chi connectivity index (χ1n) is 4.56. The van der Waals surface area contributed by atoms with Crippen LogP contribution in [-0.4, -0.2) is 46.8 Å². The van der Waals surface area contributed by atoms with E-state index in [0.717, 1.165) is 11.3 Å². The first-order chi connectivity index (χ1) is 7.16. The maximum absolute atomic E-state index is 11.9. The summed E-state index contributed by atoms with van der Waals surface area (Å²) in [4.78, 5) is 13.6. The van der Waals surface area contributed by atoms with Crippen LogP contribution in [0.3, 0.4) is 0 Å². The molecule has 1 aromatic rings. The van der Waals surface area contributed by atoms with Gasteiger partial charge >= 0.3 is 0 Å². The second-order valence-corrected chi connectivity index (χ2v) is 4.85. The van der Waals surface area contributed by atoms with Crippen LogP contribution in [0.1, 0.15) is 16.7 Å². The van der Waals surface area contributed by atoms with Crippen molar-refractivity contribution in [2.45, 2.75) is 13.0 Å². The van der Waals surface area contributed by atoms with E-state index in [1.807, 2.05) is 6.92 Å². The highest BCUT2D eigenvalue weighted by Gasteiger charge is 2.24. The third-order valence-electron chi connectivity index (χ3n) is 2.11. The lowest BCUT2D eigenvalue weighted by Gasteiger charge is -2.30. The molecule has 1 unspecified atom stereocenters. The van der Waals surface area contributed by atoms with Gasteiger partial charge in [-0.05, 0) is 18.5 Å². The molecule has 0 spiro atoms. The van der Waals surface area contributed by atoms with Crippen LogP contribution in [0.5, 0.6) is 0 Å². The Kier molecular flexibility index (Phi) is 3.18. The van der Waals surface area contributed by atoms with Crippen molar-refractivity contribution in [2.75, 3.05) is 19.7 Å². The largest absolute Gasteiger partial charge is 0.375 e. The summed E-state index contributed by atoms with van der Waals surface area (Å²) in [5.41, 5.74) is 0. The summed E-state index contributed by atoms with van der Waals surface area (Å²) in [5, 5.41) is 7.67. The van der Waals surface area contributed by atoms with E-state index in [1.165, 1.54) is 0 Å². The van der Waals surface area contributed by atoms with E-state index in [-0.39, 0.29) is 12.0 Å². The Morgan fingerprint density at radius 2 is 2.47 bits per heavy atom. The Bertz CT molecular complexity index is 371. The van der Waals surface area contributed by atoms with Crippen LogP contribution in [0.15, 0.2) is 0 Å². The topological polar surface area (TPSA) is 55.3 Å². The molecule has 1 aromatic heterocycles. The van der Waals surface area contributed by atoms with Crippen molar-refractivity contribution in [1.82, 2.24) is 15.1 Å². The van der Waals surface area contributed by atoms with Gasteiger partial charge in [0.2, 0.25) is 9.47 Å². The maximum Gasteiger partial charge on any atom is 0.285 e. The molecule has 0 aliphatic carbocycles. The zero-order valence-electron chi connectivity index (χ0n) is 8.14. The molecule has 1 aliphatic heterocycles. The fourth-order valence-corrected chi connectivity index (χ4v) is 2.23. The van der Waals surface area contributed by atoms with Crippen molar-refractivity contribution >= 4 is 28.8 Å². The van der Waals surface area contributed by atoms with Crippen LogP contribution in [0.4, 0.5) is 0 Å². The van der Waals surface area contributed by atoms with Crippen molar-refractivity contribution in [3.8, 4) is 0 Å². The number of nitrogens with zero attached hydrogens (tertiary/aromatic N) is 3. The summed E-state index contributed by atoms with van der Waals surface area (Å²) in [7, 11) is 0. The normalized spacial score (nSPS) is 21.7. The average molecular weight is 248 g/mol. The number of hydrogen-bond acceptors (Lipinski definition) is 5. The molecule has 2 rings (SSSR count). The fraction of sp³-hybridized carbons (Fsp3) is 0.625. The van der Waals surface area contributed by atoms with Gasteiger partial charge in [0.25, 0.3) is 5.91 Å². The van der Waals surface area contributed by atoms with Crippen LogP contribution in [0.2, 0.25) is 4.47 Å². The van der Waals surface area contributed by atoms with Crippen molar-refractivity contribution in [3.05, 3.63) is 9.47 Å². The number of rotatable bonds is 1. The lowest BCUT2D eigenvalue weighted by atomic mass is 10.3. The summed E-state index contributed by atoms with van der Waals surface area (Å²) in [5.74, 6) is -0.116. The van der Waals surface area contributed by atoms with E-state index in [0.29, 0.717) is 29.2 Å². The van der Waals surface area contributed by atoms with Gasteiger partial charge in [0.1, 0.15) is 0 Å². The van der Waals surface area contributed by atoms with Gasteiger partial charge in [0, 0.05) is 13.1 Å². The lowest BCUT2D eigenvalue weighted by Crippen LogP contribution is -2.44. The van der Waals surface area contributed by atoms with Crippen molar-refractivity contribution in [2.24, 2.45) is 0 Å². The number of aromatic nitrogens is 2. The van der Waals surface area contributed by atoms with Crippen molar-refractivity contribution in [1.29, 1.82) is 0 Å². The molecule has 7 heteroatoms. The standard InChI is InChI=1S/C8H10ClN3O2S/c1-5-4-12(2-3-14-5)7(13)6-10-11-8(9)15-6/h5H,2-4H2,1H3. The molecule has 0 radical (unpaired) electrons. The second kappa shape index (κ2) is 4.42. The number of carbonyl (C=O) groups excluding carboxylic acids is 1.